The number of nitrogens with zero attached hydrogens (tertiary/aromatic N) is 3. The Bertz CT molecular complexity index is 1280. The average Bonchev–Trinajstić information content (AvgIpc) is 3.26. The minimum atomic E-state index is -5.11. The van der Waals surface area contributed by atoms with E-state index in [0.29, 0.717) is 0 Å². The van der Waals surface area contributed by atoms with Crippen molar-refractivity contribution in [3.05, 3.63) is 41.4 Å². The summed E-state index contributed by atoms with van der Waals surface area (Å²) in [5, 5.41) is 12.0. The maximum absolute atomic E-state index is 12.9. The van der Waals surface area contributed by atoms with E-state index >= 15 is 0 Å². The van der Waals surface area contributed by atoms with Gasteiger partial charge in [0.2, 0.25) is 5.91 Å². The number of hydrogen-bond acceptors (Lipinski definition) is 10. The number of carbonyl (C=O) groups excluding carboxylic acids is 4. The van der Waals surface area contributed by atoms with Crippen LogP contribution in [0.5, 0.6) is 0 Å². The molecule has 0 aliphatic carbocycles. The third kappa shape index (κ3) is 5.91. The maximum atomic E-state index is 12.9. The van der Waals surface area contributed by atoms with Gasteiger partial charge >= 0.3 is 10.3 Å². The fourth-order valence-corrected chi connectivity index (χ4v) is 4.58. The van der Waals surface area contributed by atoms with Crippen LogP contribution in [0.4, 0.5) is 10.8 Å². The topological polar surface area (TPSA) is 196 Å². The van der Waals surface area contributed by atoms with Crippen molar-refractivity contribution in [3.63, 3.8) is 0 Å². The summed E-state index contributed by atoms with van der Waals surface area (Å²) in [6.07, 6.45) is 0. The first kappa shape index (κ1) is 26.0. The molecule has 2 heterocycles. The molecule has 0 radical (unpaired) electrons. The van der Waals surface area contributed by atoms with Crippen molar-refractivity contribution in [1.29, 1.82) is 0 Å². The normalized spacial score (nSPS) is 17.9. The smallest absolute Gasteiger partial charge is 0.363 e. The minimum absolute atomic E-state index is 0.0496. The molecule has 1 fully saturated rings. The Morgan fingerprint density at radius 2 is 1.94 bits per heavy atom. The third-order valence-electron chi connectivity index (χ3n) is 4.41. The molecule has 1 aromatic carbocycles. The van der Waals surface area contributed by atoms with E-state index in [1.165, 1.54) is 17.5 Å². The largest absolute Gasteiger partial charge is 0.398 e. The number of aromatic nitrogens is 1. The second-order valence-electron chi connectivity index (χ2n) is 6.71. The molecule has 35 heavy (non-hydrogen) atoms. The summed E-state index contributed by atoms with van der Waals surface area (Å²) in [6.45, 7) is 0. The Morgan fingerprint density at radius 3 is 2.54 bits per heavy atom. The molecule has 4 N–H and O–H groups in total. The Labute approximate surface area is 207 Å². The summed E-state index contributed by atoms with van der Waals surface area (Å²) in [7, 11) is -3.97. The molecule has 1 saturated heterocycles. The number of alkyl halides is 1. The van der Waals surface area contributed by atoms with E-state index in [0.717, 1.165) is 18.4 Å². The van der Waals surface area contributed by atoms with Gasteiger partial charge in [-0.25, -0.2) is 4.98 Å². The van der Waals surface area contributed by atoms with Crippen LogP contribution in [-0.4, -0.2) is 76.7 Å². The number of hydrogen-bond donors (Lipinski definition) is 4. The lowest BCUT2D eigenvalue weighted by Gasteiger charge is -2.42. The van der Waals surface area contributed by atoms with Gasteiger partial charge in [-0.05, 0) is 12.1 Å². The molecule has 3 rings (SSSR count). The van der Waals surface area contributed by atoms with Crippen molar-refractivity contribution < 1.29 is 37.0 Å². The van der Waals surface area contributed by atoms with Gasteiger partial charge in [-0.2, -0.15) is 12.7 Å². The minimum Gasteiger partial charge on any atom is -0.398 e. The summed E-state index contributed by atoms with van der Waals surface area (Å²) in [6, 6.07) is 4.45. The number of rotatable bonds is 9. The molecule has 14 nitrogen and oxygen atoms in total. The maximum Gasteiger partial charge on any atom is 0.363 e. The van der Waals surface area contributed by atoms with E-state index in [4.69, 9.17) is 11.6 Å². The molecule has 1 aliphatic rings. The van der Waals surface area contributed by atoms with Crippen molar-refractivity contribution in [2.75, 3.05) is 23.6 Å². The predicted octanol–water partition coefficient (Wildman–Crippen LogP) is -0.192. The molecule has 1 aromatic heterocycles. The summed E-state index contributed by atoms with van der Waals surface area (Å²) in [4.78, 5) is 58.1. The number of halogens is 1. The van der Waals surface area contributed by atoms with Gasteiger partial charge in [0.1, 0.15) is 24.7 Å². The van der Waals surface area contributed by atoms with Crippen LogP contribution in [0.3, 0.4) is 0 Å². The first-order chi connectivity index (χ1) is 16.6. The van der Waals surface area contributed by atoms with Gasteiger partial charge in [-0.15, -0.1) is 22.9 Å². The molecule has 0 saturated carbocycles. The summed E-state index contributed by atoms with van der Waals surface area (Å²) in [5.74, 6) is -4.14. The fraction of sp³-hybridized carbons (Fsp3) is 0.222. The summed E-state index contributed by atoms with van der Waals surface area (Å²) < 4.78 is 32.7. The number of anilines is 2. The molecule has 17 heteroatoms. The summed E-state index contributed by atoms with van der Waals surface area (Å²) in [5.41, 5.74) is -0.203. The van der Waals surface area contributed by atoms with Crippen LogP contribution in [0.2, 0.25) is 0 Å². The van der Waals surface area contributed by atoms with Crippen molar-refractivity contribution in [2.45, 2.75) is 12.1 Å². The molecular formula is C18H17ClN6O8S2. The zero-order chi connectivity index (χ0) is 25.8. The summed E-state index contributed by atoms with van der Waals surface area (Å²) >= 11 is 6.37. The van der Waals surface area contributed by atoms with Crippen molar-refractivity contribution >= 4 is 73.4 Å². The van der Waals surface area contributed by atoms with Gasteiger partial charge in [0, 0.05) is 11.1 Å². The quantitative estimate of drug-likeness (QED) is 0.109. The number of amides is 4. The van der Waals surface area contributed by atoms with Crippen LogP contribution in [0.25, 0.3) is 0 Å². The van der Waals surface area contributed by atoms with Gasteiger partial charge in [-0.3, -0.25) is 23.7 Å². The van der Waals surface area contributed by atoms with Gasteiger partial charge in [0.25, 0.3) is 17.7 Å². The number of carbonyl (C=O) groups is 4. The van der Waals surface area contributed by atoms with Gasteiger partial charge in [-0.1, -0.05) is 23.4 Å². The lowest BCUT2D eigenvalue weighted by molar-refractivity contribution is -0.150. The van der Waals surface area contributed by atoms with Crippen molar-refractivity contribution in [1.82, 2.24) is 14.6 Å². The van der Waals surface area contributed by atoms with Gasteiger partial charge in [0.05, 0.1) is 0 Å². The van der Waals surface area contributed by atoms with Crippen LogP contribution in [0, 0.1) is 0 Å². The molecule has 2 unspecified atom stereocenters. The van der Waals surface area contributed by atoms with E-state index in [2.05, 4.69) is 30.9 Å². The van der Waals surface area contributed by atoms with Gasteiger partial charge < -0.3 is 20.8 Å². The molecular weight excluding hydrogens is 528 g/mol. The van der Waals surface area contributed by atoms with E-state index < -0.39 is 51.7 Å². The van der Waals surface area contributed by atoms with Crippen LogP contribution in [0.1, 0.15) is 5.69 Å². The highest BCUT2D eigenvalue weighted by atomic mass is 35.5. The number of β-lactam (4-membered cyclic amide) rings is 1. The molecule has 4 amide bonds. The van der Waals surface area contributed by atoms with E-state index in [9.17, 15) is 32.1 Å². The lowest BCUT2D eigenvalue weighted by atomic mass is 9.97. The second kappa shape index (κ2) is 10.8. The average molecular weight is 545 g/mol. The second-order valence-corrected chi connectivity index (χ2v) is 9.12. The zero-order valence-electron chi connectivity index (χ0n) is 17.7. The lowest BCUT2D eigenvalue weighted by Crippen LogP contribution is -2.75. The van der Waals surface area contributed by atoms with Crippen LogP contribution in [-0.2, 0) is 34.3 Å². The Balaban J connectivity index is 1.83. The van der Waals surface area contributed by atoms with E-state index in [1.54, 1.807) is 18.2 Å². The molecule has 186 valence electrons. The van der Waals surface area contributed by atoms with Crippen LogP contribution in [0.15, 0.2) is 40.9 Å². The van der Waals surface area contributed by atoms with E-state index in [-0.39, 0.29) is 26.7 Å². The van der Waals surface area contributed by atoms with Crippen LogP contribution >= 0.6 is 22.9 Å². The highest BCUT2D eigenvalue weighted by molar-refractivity contribution is 7.84. The highest BCUT2D eigenvalue weighted by Gasteiger charge is 2.58. The first-order valence-corrected chi connectivity index (χ1v) is 12.3. The predicted molar refractivity (Wildman–Crippen MR) is 124 cm³/mol. The Morgan fingerprint density at radius 1 is 1.26 bits per heavy atom. The molecule has 0 spiro atoms. The number of oxime groups is 1. The third-order valence-corrected chi connectivity index (χ3v) is 6.31. The Hall–Kier alpha value is -3.60. The van der Waals surface area contributed by atoms with Crippen LogP contribution < -0.4 is 16.0 Å². The molecule has 1 aliphatic heterocycles. The van der Waals surface area contributed by atoms with Crippen molar-refractivity contribution in [3.8, 4) is 0 Å². The molecule has 2 aromatic rings. The number of nitrogens with one attached hydrogen (secondary N) is 3. The monoisotopic (exact) mass is 544 g/mol. The first-order valence-electron chi connectivity index (χ1n) is 9.47. The van der Waals surface area contributed by atoms with Gasteiger partial charge in [0.15, 0.2) is 16.9 Å². The SMILES string of the molecule is CON=C(C(=O)NC1C(=O)N(S(=O)(=O)O)C1C(=O)Nc1ccccc1)c1csc(NC(=O)CCl)n1. The standard InChI is InChI=1S/C18H17ClN6O8S2/c1-33-24-12(10-8-34-18(21-10)22-11(26)7-19)15(27)23-13-14(25(17(13)29)35(30,31)32)16(28)20-9-5-3-2-4-6-9/h2-6,8,13-14H,7H2,1H3,(H,20,28)(H,23,27)(H,21,22,26)(H,30,31,32). The number of benzene rings is 1. The molecule has 0 bridgehead atoms. The molecule has 2 atom stereocenters. The zero-order valence-corrected chi connectivity index (χ0v) is 20.1. The highest BCUT2D eigenvalue weighted by Crippen LogP contribution is 2.25. The Kier molecular flexibility index (Phi) is 8.00. The number of thiazole rings is 1. The fourth-order valence-electron chi connectivity index (χ4n) is 2.95. The van der Waals surface area contributed by atoms with E-state index in [1.807, 2.05) is 0 Å². The van der Waals surface area contributed by atoms with Crippen molar-refractivity contribution in [2.24, 2.45) is 5.16 Å². The number of para-hydroxylation sites is 1.